The van der Waals surface area contributed by atoms with Crippen LogP contribution in [0.3, 0.4) is 0 Å². The minimum atomic E-state index is -0.833. The van der Waals surface area contributed by atoms with E-state index in [9.17, 15) is 0 Å². The number of rotatable bonds is 0. The van der Waals surface area contributed by atoms with Crippen molar-refractivity contribution in [2.24, 2.45) is 0 Å². The molecule has 0 amide bonds. The van der Waals surface area contributed by atoms with Crippen LogP contribution in [0, 0.1) is 0 Å². The molecule has 72 valence electrons. The van der Waals surface area contributed by atoms with E-state index in [4.69, 9.17) is 9.90 Å². The van der Waals surface area contributed by atoms with Crippen LogP contribution in [0.1, 0.15) is 6.92 Å². The second-order valence-corrected chi connectivity index (χ2v) is 2.72. The van der Waals surface area contributed by atoms with E-state index in [1.54, 1.807) is 0 Å². The lowest BCUT2D eigenvalue weighted by Gasteiger charge is -1.91. The average Bonchev–Trinajstić information content (AvgIpc) is 2.17. The van der Waals surface area contributed by atoms with Gasteiger partial charge in [0.25, 0.3) is 5.97 Å². The molecule has 0 unspecified atom stereocenters. The molecule has 0 atom stereocenters. The van der Waals surface area contributed by atoms with Gasteiger partial charge in [-0.3, -0.25) is 9.78 Å². The summed E-state index contributed by atoms with van der Waals surface area (Å²) in [5.74, 6) is -0.833. The maximum atomic E-state index is 9.00. The van der Waals surface area contributed by atoms with E-state index in [0.29, 0.717) is 0 Å². The molecule has 3 nitrogen and oxygen atoms in total. The van der Waals surface area contributed by atoms with Crippen LogP contribution >= 0.6 is 0 Å². The zero-order valence-corrected chi connectivity index (χ0v) is 7.84. The number of carboxylic acids is 1. The Hall–Kier alpha value is -1.90. The van der Waals surface area contributed by atoms with Gasteiger partial charge in [-0.05, 0) is 12.1 Å². The molecule has 3 heteroatoms. The van der Waals surface area contributed by atoms with Crippen molar-refractivity contribution in [3.05, 3.63) is 42.6 Å². The number of benzene rings is 1. The fourth-order valence-corrected chi connectivity index (χ4v) is 1.02. The second-order valence-electron chi connectivity index (χ2n) is 2.72. The number of pyridine rings is 1. The van der Waals surface area contributed by atoms with Crippen LogP contribution in [0.25, 0.3) is 10.9 Å². The largest absolute Gasteiger partial charge is 0.481 e. The van der Waals surface area contributed by atoms with Crippen molar-refractivity contribution in [3.63, 3.8) is 0 Å². The normalized spacial score (nSPS) is 8.93. The Morgan fingerprint density at radius 1 is 1.21 bits per heavy atom. The Bertz CT molecular complexity index is 357. The lowest BCUT2D eigenvalue weighted by Crippen LogP contribution is -1.78. The fourth-order valence-electron chi connectivity index (χ4n) is 1.02. The van der Waals surface area contributed by atoms with Crippen molar-refractivity contribution in [1.82, 2.24) is 4.98 Å². The van der Waals surface area contributed by atoms with Gasteiger partial charge in [0.05, 0.1) is 5.52 Å². The monoisotopic (exact) mass is 189 g/mol. The predicted molar refractivity (Wildman–Crippen MR) is 55.1 cm³/mol. The van der Waals surface area contributed by atoms with Gasteiger partial charge >= 0.3 is 0 Å². The topological polar surface area (TPSA) is 50.2 Å². The molecule has 0 aliphatic carbocycles. The number of fused-ring (bicyclic) bond motifs is 1. The summed E-state index contributed by atoms with van der Waals surface area (Å²) in [7, 11) is 0. The lowest BCUT2D eigenvalue weighted by atomic mass is 10.2. The highest BCUT2D eigenvalue weighted by Gasteiger charge is 1.86. The maximum absolute atomic E-state index is 9.00. The first-order chi connectivity index (χ1) is 6.70. The number of carbonyl (C=O) groups is 1. The Kier molecular flexibility index (Phi) is 3.61. The van der Waals surface area contributed by atoms with Crippen molar-refractivity contribution >= 4 is 16.9 Å². The minimum Gasteiger partial charge on any atom is -0.481 e. The molecule has 2 rings (SSSR count). The van der Waals surface area contributed by atoms with Crippen molar-refractivity contribution in [2.75, 3.05) is 0 Å². The quantitative estimate of drug-likeness (QED) is 0.691. The molecule has 2 aromatic rings. The molecule has 0 radical (unpaired) electrons. The molecule has 0 aliphatic heterocycles. The molecule has 1 heterocycles. The Morgan fingerprint density at radius 3 is 2.43 bits per heavy atom. The van der Waals surface area contributed by atoms with Crippen LogP contribution in [0.15, 0.2) is 42.6 Å². The average molecular weight is 189 g/mol. The number of carboxylic acid groups (broad SMARTS) is 1. The summed E-state index contributed by atoms with van der Waals surface area (Å²) >= 11 is 0. The van der Waals surface area contributed by atoms with Crippen LogP contribution in [0.2, 0.25) is 0 Å². The highest BCUT2D eigenvalue weighted by Crippen LogP contribution is 2.07. The molecule has 0 bridgehead atoms. The number of para-hydroxylation sites is 1. The molecule has 1 N–H and O–H groups in total. The summed E-state index contributed by atoms with van der Waals surface area (Å²) in [6.07, 6.45) is 1.81. The molecule has 0 saturated heterocycles. The second kappa shape index (κ2) is 4.97. The lowest BCUT2D eigenvalue weighted by molar-refractivity contribution is -0.134. The molecule has 1 aromatic carbocycles. The van der Waals surface area contributed by atoms with Crippen LogP contribution in [0.4, 0.5) is 0 Å². The van der Waals surface area contributed by atoms with Gasteiger partial charge in [-0.1, -0.05) is 24.3 Å². The van der Waals surface area contributed by atoms with Crippen molar-refractivity contribution < 1.29 is 9.90 Å². The molecule has 14 heavy (non-hydrogen) atoms. The highest BCUT2D eigenvalue weighted by atomic mass is 16.4. The number of nitrogens with zero attached hydrogens (tertiary/aromatic N) is 1. The Morgan fingerprint density at radius 2 is 1.79 bits per heavy atom. The van der Waals surface area contributed by atoms with Gasteiger partial charge in [-0.2, -0.15) is 0 Å². The summed E-state index contributed by atoms with van der Waals surface area (Å²) in [5.41, 5.74) is 1.06. The zero-order valence-electron chi connectivity index (χ0n) is 7.84. The third-order valence-electron chi connectivity index (χ3n) is 1.51. The summed E-state index contributed by atoms with van der Waals surface area (Å²) in [5, 5.41) is 8.62. The number of hydrogen-bond donors (Lipinski definition) is 1. The number of aromatic nitrogens is 1. The first kappa shape index (κ1) is 10.2. The van der Waals surface area contributed by atoms with Gasteiger partial charge in [0.2, 0.25) is 0 Å². The van der Waals surface area contributed by atoms with Crippen LogP contribution in [0.5, 0.6) is 0 Å². The van der Waals surface area contributed by atoms with E-state index < -0.39 is 5.97 Å². The van der Waals surface area contributed by atoms with E-state index in [1.807, 2.05) is 30.5 Å². The Balaban J connectivity index is 0.000000213. The smallest absolute Gasteiger partial charge is 0.300 e. The van der Waals surface area contributed by atoms with Gasteiger partial charge in [0, 0.05) is 18.5 Å². The van der Waals surface area contributed by atoms with Gasteiger partial charge in [0.1, 0.15) is 0 Å². The van der Waals surface area contributed by atoms with Gasteiger partial charge in [-0.15, -0.1) is 0 Å². The first-order valence-electron chi connectivity index (χ1n) is 4.19. The molecular formula is C11H11NO2. The number of aliphatic carboxylic acids is 1. The third kappa shape index (κ3) is 3.23. The predicted octanol–water partition coefficient (Wildman–Crippen LogP) is 2.33. The van der Waals surface area contributed by atoms with Crippen molar-refractivity contribution in [3.8, 4) is 0 Å². The molecule has 0 saturated carbocycles. The SMILES string of the molecule is CC(=O)O.c1ccc2ncccc2c1. The van der Waals surface area contributed by atoms with E-state index in [-0.39, 0.29) is 0 Å². The molecule has 0 fully saturated rings. The summed E-state index contributed by atoms with van der Waals surface area (Å²) < 4.78 is 0. The molecule has 0 spiro atoms. The van der Waals surface area contributed by atoms with Crippen LogP contribution in [-0.2, 0) is 4.79 Å². The van der Waals surface area contributed by atoms with Crippen LogP contribution in [-0.4, -0.2) is 16.1 Å². The van der Waals surface area contributed by atoms with Gasteiger partial charge in [-0.25, -0.2) is 0 Å². The van der Waals surface area contributed by atoms with E-state index in [1.165, 1.54) is 5.39 Å². The summed E-state index contributed by atoms with van der Waals surface area (Å²) in [6, 6.07) is 12.1. The van der Waals surface area contributed by atoms with Gasteiger partial charge in [0.15, 0.2) is 0 Å². The summed E-state index contributed by atoms with van der Waals surface area (Å²) in [4.78, 5) is 13.2. The minimum absolute atomic E-state index is 0.833. The van der Waals surface area contributed by atoms with E-state index in [0.717, 1.165) is 12.4 Å². The summed E-state index contributed by atoms with van der Waals surface area (Å²) in [6.45, 7) is 1.08. The Labute approximate surface area is 82.0 Å². The maximum Gasteiger partial charge on any atom is 0.300 e. The standard InChI is InChI=1S/C9H7N.C2H4O2/c1-2-6-9-8(4-1)5-3-7-10-9;1-2(3)4/h1-7H;1H3,(H,3,4). The van der Waals surface area contributed by atoms with Gasteiger partial charge < -0.3 is 5.11 Å². The van der Waals surface area contributed by atoms with E-state index >= 15 is 0 Å². The van der Waals surface area contributed by atoms with E-state index in [2.05, 4.69) is 17.1 Å². The van der Waals surface area contributed by atoms with Crippen molar-refractivity contribution in [2.45, 2.75) is 6.92 Å². The molecular weight excluding hydrogens is 178 g/mol. The molecule has 0 aliphatic rings. The van der Waals surface area contributed by atoms with Crippen LogP contribution < -0.4 is 0 Å². The first-order valence-corrected chi connectivity index (χ1v) is 4.19. The molecule has 1 aromatic heterocycles. The third-order valence-corrected chi connectivity index (χ3v) is 1.51. The van der Waals surface area contributed by atoms with Crippen molar-refractivity contribution in [1.29, 1.82) is 0 Å². The zero-order chi connectivity index (χ0) is 10.4. The number of hydrogen-bond acceptors (Lipinski definition) is 2. The highest BCUT2D eigenvalue weighted by molar-refractivity contribution is 5.77. The fraction of sp³-hybridized carbons (Fsp3) is 0.0909.